The highest BCUT2D eigenvalue weighted by Gasteiger charge is 1.80. The first-order valence-corrected chi connectivity index (χ1v) is 10.4. The van der Waals surface area contributed by atoms with E-state index in [-0.39, 0.29) is 0 Å². The van der Waals surface area contributed by atoms with Gasteiger partial charge in [-0.1, -0.05) is 136 Å². The lowest BCUT2D eigenvalue weighted by molar-refractivity contribution is 1.09. The maximum atomic E-state index is 2.16. The fourth-order valence-electron chi connectivity index (χ4n) is 1.43. The topological polar surface area (TPSA) is 0 Å². The molecule has 2 aromatic rings. The maximum absolute atomic E-state index is 2.16. The Bertz CT molecular complexity index is 336. The lowest BCUT2D eigenvalue weighted by Crippen LogP contribution is -1.73. The molecule has 0 atom stereocenters. The first-order chi connectivity index (χ1) is 12.3. The fraction of sp³-hybridized carbons (Fsp3) is 0.520. The van der Waals surface area contributed by atoms with Crippen LogP contribution < -0.4 is 0 Å². The van der Waals surface area contributed by atoms with Crippen molar-refractivity contribution in [3.63, 3.8) is 0 Å². The second-order valence-corrected chi connectivity index (χ2v) is 4.39. The maximum Gasteiger partial charge on any atom is -0.0307 e. The molecule has 2 rings (SSSR count). The van der Waals surface area contributed by atoms with Gasteiger partial charge in [0.2, 0.25) is 0 Å². The molecular formula is C25H46. The van der Waals surface area contributed by atoms with E-state index in [1.807, 2.05) is 53.7 Å². The van der Waals surface area contributed by atoms with Crippen LogP contribution in [0.4, 0.5) is 0 Å². The lowest BCUT2D eigenvalue weighted by Gasteiger charge is -1.89. The summed E-state index contributed by atoms with van der Waals surface area (Å²) in [6.07, 6.45) is 3.53. The molecule has 0 heteroatoms. The molecule has 0 aliphatic rings. The Balaban J connectivity index is -0.000000122. The van der Waals surface area contributed by atoms with E-state index in [2.05, 4.69) is 76.2 Å². The predicted octanol–water partition coefficient (Wildman–Crippen LogP) is 8.99. The summed E-state index contributed by atoms with van der Waals surface area (Å²) < 4.78 is 0. The molecule has 0 saturated carbocycles. The summed E-state index contributed by atoms with van der Waals surface area (Å²) in [6.45, 7) is 20.6. The number of aryl methyl sites for hydroxylation is 2. The van der Waals surface area contributed by atoms with E-state index >= 15 is 0 Å². The van der Waals surface area contributed by atoms with Crippen LogP contribution in [-0.2, 0) is 12.8 Å². The highest BCUT2D eigenvalue weighted by molar-refractivity contribution is 5.14. The van der Waals surface area contributed by atoms with Gasteiger partial charge in [0.15, 0.2) is 0 Å². The predicted molar refractivity (Wildman–Crippen MR) is 122 cm³/mol. The summed E-state index contributed by atoms with van der Waals surface area (Å²) in [7, 11) is 0. The molecule has 0 heterocycles. The van der Waals surface area contributed by atoms with Crippen LogP contribution in [0.15, 0.2) is 60.7 Å². The molecule has 0 bridgehead atoms. The van der Waals surface area contributed by atoms with Crippen molar-refractivity contribution in [3.05, 3.63) is 71.8 Å². The third kappa shape index (κ3) is 27.6. The Morgan fingerprint density at radius 2 is 0.640 bits per heavy atom. The zero-order valence-electron chi connectivity index (χ0n) is 18.9. The molecule has 0 radical (unpaired) electrons. The van der Waals surface area contributed by atoms with Crippen LogP contribution in [0.1, 0.15) is 86.8 Å². The van der Waals surface area contributed by atoms with E-state index in [0.717, 1.165) is 12.8 Å². The van der Waals surface area contributed by atoms with Gasteiger partial charge in [0.25, 0.3) is 0 Å². The van der Waals surface area contributed by atoms with Crippen LogP contribution in [0.2, 0.25) is 0 Å². The van der Waals surface area contributed by atoms with Gasteiger partial charge in [-0.2, -0.15) is 0 Å². The van der Waals surface area contributed by atoms with Crippen LogP contribution >= 0.6 is 0 Å². The van der Waals surface area contributed by atoms with E-state index in [4.69, 9.17) is 0 Å². The lowest BCUT2D eigenvalue weighted by atomic mass is 10.2. The van der Waals surface area contributed by atoms with Gasteiger partial charge in [0, 0.05) is 0 Å². The summed E-state index contributed by atoms with van der Waals surface area (Å²) in [4.78, 5) is 0. The quantitative estimate of drug-likeness (QED) is 0.509. The normalized spacial score (nSPS) is 7.28. The third-order valence-electron chi connectivity index (χ3n) is 2.50. The number of hydrogen-bond donors (Lipinski definition) is 0. The zero-order valence-corrected chi connectivity index (χ0v) is 18.9. The Morgan fingerprint density at radius 1 is 0.440 bits per heavy atom. The van der Waals surface area contributed by atoms with Crippen molar-refractivity contribution in [2.45, 2.75) is 88.5 Å². The van der Waals surface area contributed by atoms with Gasteiger partial charge in [-0.25, -0.2) is 0 Å². The summed E-state index contributed by atoms with van der Waals surface area (Å²) >= 11 is 0. The van der Waals surface area contributed by atoms with E-state index in [1.54, 1.807) is 0 Å². The van der Waals surface area contributed by atoms with Crippen molar-refractivity contribution in [3.8, 4) is 0 Å². The third-order valence-corrected chi connectivity index (χ3v) is 2.50. The smallest absolute Gasteiger partial charge is 0.0307 e. The first-order valence-electron chi connectivity index (χ1n) is 10.4. The molecule has 0 amide bonds. The molecule has 0 spiro atoms. The van der Waals surface area contributed by atoms with Gasteiger partial charge < -0.3 is 0 Å². The number of hydrogen-bond acceptors (Lipinski definition) is 0. The van der Waals surface area contributed by atoms with E-state index in [1.165, 1.54) is 17.5 Å². The van der Waals surface area contributed by atoms with Gasteiger partial charge in [-0.15, -0.1) is 0 Å². The highest BCUT2D eigenvalue weighted by atomic mass is 13.9. The molecule has 0 aliphatic carbocycles. The van der Waals surface area contributed by atoms with Gasteiger partial charge in [0.05, 0.1) is 0 Å². The minimum Gasteiger partial charge on any atom is -0.0683 e. The molecule has 2 aromatic carbocycles. The Morgan fingerprint density at radius 3 is 0.760 bits per heavy atom. The molecule has 0 N–H and O–H groups in total. The molecule has 0 unspecified atom stereocenters. The molecule has 146 valence electrons. The molecule has 0 nitrogen and oxygen atoms in total. The molecule has 0 aliphatic heterocycles. The summed E-state index contributed by atoms with van der Waals surface area (Å²) in [5.41, 5.74) is 2.82. The van der Waals surface area contributed by atoms with Crippen molar-refractivity contribution >= 4 is 0 Å². The Labute approximate surface area is 160 Å². The first kappa shape index (κ1) is 31.2. The second-order valence-electron chi connectivity index (χ2n) is 4.39. The van der Waals surface area contributed by atoms with Crippen molar-refractivity contribution in [1.82, 2.24) is 0 Å². The monoisotopic (exact) mass is 346 g/mol. The van der Waals surface area contributed by atoms with Crippen LogP contribution in [0.5, 0.6) is 0 Å². The summed E-state index contributed by atoms with van der Waals surface area (Å²) in [5, 5.41) is 0. The van der Waals surface area contributed by atoms with Crippen molar-refractivity contribution in [1.29, 1.82) is 0 Å². The molecule has 25 heavy (non-hydrogen) atoms. The minimum absolute atomic E-state index is 1.14. The van der Waals surface area contributed by atoms with Crippen molar-refractivity contribution < 1.29 is 0 Å². The average Bonchev–Trinajstić information content (AvgIpc) is 2.74. The fourth-order valence-corrected chi connectivity index (χ4v) is 1.43. The molecule has 0 aromatic heterocycles. The summed E-state index contributed by atoms with van der Waals surface area (Å²) in [5.74, 6) is 0. The summed E-state index contributed by atoms with van der Waals surface area (Å²) in [6, 6.07) is 20.9. The number of benzene rings is 2. The molecular weight excluding hydrogens is 300 g/mol. The number of rotatable bonds is 2. The van der Waals surface area contributed by atoms with Gasteiger partial charge in [-0.3, -0.25) is 0 Å². The van der Waals surface area contributed by atoms with Crippen LogP contribution in [0, 0.1) is 0 Å². The second kappa shape index (κ2) is 33.9. The SMILES string of the molecule is CC.CC.CC.CCC.CCc1ccccc1.CCc1ccccc1. The van der Waals surface area contributed by atoms with Crippen molar-refractivity contribution in [2.24, 2.45) is 0 Å². The van der Waals surface area contributed by atoms with Crippen LogP contribution in [-0.4, -0.2) is 0 Å². The van der Waals surface area contributed by atoms with Gasteiger partial charge in [-0.05, 0) is 24.0 Å². The Kier molecular flexibility index (Phi) is 42.4. The van der Waals surface area contributed by atoms with E-state index < -0.39 is 0 Å². The van der Waals surface area contributed by atoms with E-state index in [9.17, 15) is 0 Å². The highest BCUT2D eigenvalue weighted by Crippen LogP contribution is 1.97. The zero-order chi connectivity index (χ0) is 20.3. The van der Waals surface area contributed by atoms with E-state index in [0.29, 0.717) is 0 Å². The average molecular weight is 347 g/mol. The Hall–Kier alpha value is -1.56. The molecule has 0 fully saturated rings. The van der Waals surface area contributed by atoms with Crippen molar-refractivity contribution in [2.75, 3.05) is 0 Å². The minimum atomic E-state index is 1.14. The van der Waals surface area contributed by atoms with Crippen LogP contribution in [0.3, 0.4) is 0 Å². The van der Waals surface area contributed by atoms with Crippen LogP contribution in [0.25, 0.3) is 0 Å². The van der Waals surface area contributed by atoms with Gasteiger partial charge >= 0.3 is 0 Å². The molecule has 0 saturated heterocycles. The van der Waals surface area contributed by atoms with Gasteiger partial charge in [0.1, 0.15) is 0 Å². The standard InChI is InChI=1S/2C8H10.C3H8.3C2H6/c2*1-2-8-6-4-3-5-7-8;1-3-2;3*1-2/h2*3-7H,2H2,1H3;3H2,1-2H3;3*1-2H3. The largest absolute Gasteiger partial charge is 0.0683 e.